The minimum atomic E-state index is 0.532. The molecule has 0 bridgehead atoms. The highest BCUT2D eigenvalue weighted by atomic mass is 32.1. The van der Waals surface area contributed by atoms with Crippen LogP contribution in [-0.4, -0.2) is 17.0 Å². The Morgan fingerprint density at radius 3 is 2.83 bits per heavy atom. The average Bonchev–Trinajstić information content (AvgIpc) is 2.99. The van der Waals surface area contributed by atoms with Crippen molar-refractivity contribution >= 4 is 17.3 Å². The van der Waals surface area contributed by atoms with Gasteiger partial charge in [-0.25, -0.2) is 9.98 Å². The lowest BCUT2D eigenvalue weighted by Crippen LogP contribution is -2.43. The Kier molecular flexibility index (Phi) is 4.52. The zero-order valence-electron chi connectivity index (χ0n) is 13.9. The maximum atomic E-state index is 5.97. The lowest BCUT2D eigenvalue weighted by Gasteiger charge is -2.26. The summed E-state index contributed by atoms with van der Waals surface area (Å²) >= 11 is 1.81. The predicted molar refractivity (Wildman–Crippen MR) is 99.4 cm³/mol. The van der Waals surface area contributed by atoms with E-state index in [2.05, 4.69) is 40.6 Å². The summed E-state index contributed by atoms with van der Waals surface area (Å²) in [5.74, 6) is 1.19. The maximum Gasteiger partial charge on any atom is 0.189 e. The molecule has 5 heteroatoms. The summed E-state index contributed by atoms with van der Waals surface area (Å²) in [7, 11) is 0. The second-order valence-corrected chi connectivity index (χ2v) is 7.97. The number of hydrogen-bond acceptors (Lipinski definition) is 3. The molecule has 2 aromatic rings. The number of nitrogens with two attached hydrogens (primary N) is 1. The first-order chi connectivity index (χ1) is 11.8. The van der Waals surface area contributed by atoms with Crippen LogP contribution in [0.15, 0.2) is 35.3 Å². The number of aromatic nitrogens is 1. The first-order valence-electron chi connectivity index (χ1n) is 8.87. The molecule has 1 saturated carbocycles. The van der Waals surface area contributed by atoms with Crippen LogP contribution >= 0.6 is 11.3 Å². The van der Waals surface area contributed by atoms with Gasteiger partial charge in [0.1, 0.15) is 5.01 Å². The van der Waals surface area contributed by atoms with Crippen LogP contribution in [-0.2, 0) is 19.4 Å². The third-order valence-corrected chi connectivity index (χ3v) is 6.20. The molecule has 0 saturated heterocycles. The number of hydrogen-bond donors (Lipinski definition) is 2. The summed E-state index contributed by atoms with van der Waals surface area (Å²) in [5.41, 5.74) is 8.70. The summed E-state index contributed by atoms with van der Waals surface area (Å²) in [6.45, 7) is 0.596. The third kappa shape index (κ3) is 3.46. The molecule has 0 aliphatic heterocycles. The van der Waals surface area contributed by atoms with Gasteiger partial charge in [0.15, 0.2) is 5.96 Å². The van der Waals surface area contributed by atoms with E-state index in [1.807, 2.05) is 11.3 Å². The molecule has 1 aromatic carbocycles. The Labute approximate surface area is 147 Å². The van der Waals surface area contributed by atoms with Crippen LogP contribution < -0.4 is 11.1 Å². The van der Waals surface area contributed by atoms with Gasteiger partial charge in [-0.2, -0.15) is 0 Å². The molecule has 1 heterocycles. The van der Waals surface area contributed by atoms with Crippen molar-refractivity contribution in [3.8, 4) is 0 Å². The van der Waals surface area contributed by atoms with Gasteiger partial charge in [0.2, 0.25) is 0 Å². The van der Waals surface area contributed by atoms with E-state index >= 15 is 0 Å². The Morgan fingerprint density at radius 2 is 2.08 bits per heavy atom. The van der Waals surface area contributed by atoms with Gasteiger partial charge >= 0.3 is 0 Å². The Hall–Kier alpha value is -1.88. The van der Waals surface area contributed by atoms with Crippen molar-refractivity contribution in [3.05, 3.63) is 51.5 Å². The highest BCUT2D eigenvalue weighted by Crippen LogP contribution is 2.35. The molecule has 24 heavy (non-hydrogen) atoms. The van der Waals surface area contributed by atoms with Crippen LogP contribution in [0.5, 0.6) is 0 Å². The lowest BCUT2D eigenvalue weighted by atomic mass is 9.85. The van der Waals surface area contributed by atoms with E-state index in [-0.39, 0.29) is 0 Å². The number of nitrogens with one attached hydrogen (secondary N) is 1. The number of thiazole rings is 1. The SMILES string of the molecule is NC(=NCc1nc2c(s1)CC(c1ccccc1)CC2)NC1CCC1. The minimum absolute atomic E-state index is 0.532. The maximum absolute atomic E-state index is 5.97. The fraction of sp³-hybridized carbons (Fsp3) is 0.474. The molecule has 1 unspecified atom stereocenters. The van der Waals surface area contributed by atoms with E-state index in [9.17, 15) is 0 Å². The number of aliphatic imine (C=N–C) groups is 1. The van der Waals surface area contributed by atoms with Crippen molar-refractivity contribution in [1.82, 2.24) is 10.3 Å². The molecular formula is C19H24N4S. The number of aryl methyl sites for hydroxylation is 1. The third-order valence-electron chi connectivity index (χ3n) is 5.10. The molecule has 4 rings (SSSR count). The van der Waals surface area contributed by atoms with Gasteiger partial charge in [-0.15, -0.1) is 11.3 Å². The zero-order valence-corrected chi connectivity index (χ0v) is 14.7. The molecule has 4 nitrogen and oxygen atoms in total. The number of benzene rings is 1. The minimum Gasteiger partial charge on any atom is -0.370 e. The second kappa shape index (κ2) is 6.93. The molecule has 1 fully saturated rings. The average molecular weight is 340 g/mol. The van der Waals surface area contributed by atoms with E-state index in [0.29, 0.717) is 24.5 Å². The lowest BCUT2D eigenvalue weighted by molar-refractivity contribution is 0.382. The van der Waals surface area contributed by atoms with Crippen molar-refractivity contribution in [2.75, 3.05) is 0 Å². The highest BCUT2D eigenvalue weighted by Gasteiger charge is 2.23. The van der Waals surface area contributed by atoms with Crippen LogP contribution in [0, 0.1) is 0 Å². The summed E-state index contributed by atoms with van der Waals surface area (Å²) in [6, 6.07) is 11.4. The van der Waals surface area contributed by atoms with Crippen molar-refractivity contribution in [2.45, 2.75) is 57.0 Å². The molecule has 2 aliphatic rings. The second-order valence-electron chi connectivity index (χ2n) is 6.80. The normalized spacial score (nSPS) is 21.2. The predicted octanol–water partition coefficient (Wildman–Crippen LogP) is 3.37. The standard InChI is InChI=1S/C19H24N4S/c20-19(22-15-7-4-8-15)21-12-18-23-16-10-9-14(11-17(16)24-18)13-5-2-1-3-6-13/h1-3,5-6,14-15H,4,7-12H2,(H3,20,21,22). The van der Waals surface area contributed by atoms with Crippen molar-refractivity contribution in [2.24, 2.45) is 10.7 Å². The number of nitrogens with zero attached hydrogens (tertiary/aromatic N) is 2. The fourth-order valence-electron chi connectivity index (χ4n) is 3.47. The van der Waals surface area contributed by atoms with Gasteiger partial charge in [0.05, 0.1) is 12.2 Å². The van der Waals surface area contributed by atoms with Gasteiger partial charge in [-0.05, 0) is 50.0 Å². The van der Waals surface area contributed by atoms with E-state index in [4.69, 9.17) is 10.7 Å². The highest BCUT2D eigenvalue weighted by molar-refractivity contribution is 7.11. The largest absolute Gasteiger partial charge is 0.370 e. The number of fused-ring (bicyclic) bond motifs is 1. The van der Waals surface area contributed by atoms with Gasteiger partial charge in [-0.1, -0.05) is 30.3 Å². The molecule has 2 aliphatic carbocycles. The van der Waals surface area contributed by atoms with E-state index in [0.717, 1.165) is 17.8 Å². The smallest absolute Gasteiger partial charge is 0.189 e. The molecule has 1 atom stereocenters. The van der Waals surface area contributed by atoms with Gasteiger partial charge in [-0.3, -0.25) is 0 Å². The molecule has 3 N–H and O–H groups in total. The Bertz CT molecular complexity index is 718. The van der Waals surface area contributed by atoms with Crippen LogP contribution in [0.25, 0.3) is 0 Å². The molecule has 0 amide bonds. The van der Waals surface area contributed by atoms with Crippen molar-refractivity contribution in [3.63, 3.8) is 0 Å². The van der Waals surface area contributed by atoms with Crippen LogP contribution in [0.1, 0.15) is 52.7 Å². The zero-order chi connectivity index (χ0) is 16.4. The van der Waals surface area contributed by atoms with Gasteiger partial charge in [0.25, 0.3) is 0 Å². The molecule has 1 aromatic heterocycles. The molecule has 0 radical (unpaired) electrons. The summed E-state index contributed by atoms with van der Waals surface area (Å²) in [4.78, 5) is 10.7. The number of rotatable bonds is 4. The quantitative estimate of drug-likeness (QED) is 0.662. The van der Waals surface area contributed by atoms with Gasteiger partial charge in [0, 0.05) is 10.9 Å². The van der Waals surface area contributed by atoms with Crippen LogP contribution in [0.2, 0.25) is 0 Å². The molecular weight excluding hydrogens is 316 g/mol. The van der Waals surface area contributed by atoms with Crippen LogP contribution in [0.4, 0.5) is 0 Å². The molecule has 0 spiro atoms. The monoisotopic (exact) mass is 340 g/mol. The summed E-state index contributed by atoms with van der Waals surface area (Å²) < 4.78 is 0. The Morgan fingerprint density at radius 1 is 1.25 bits per heavy atom. The Balaban J connectivity index is 1.40. The first-order valence-corrected chi connectivity index (χ1v) is 9.68. The molecule has 126 valence electrons. The first kappa shape index (κ1) is 15.6. The van der Waals surface area contributed by atoms with Crippen molar-refractivity contribution < 1.29 is 0 Å². The van der Waals surface area contributed by atoms with E-state index < -0.39 is 0 Å². The number of guanidine groups is 1. The summed E-state index contributed by atoms with van der Waals surface area (Å²) in [5, 5.41) is 4.37. The summed E-state index contributed by atoms with van der Waals surface area (Å²) in [6.07, 6.45) is 7.09. The fourth-order valence-corrected chi connectivity index (χ4v) is 4.59. The van der Waals surface area contributed by atoms with E-state index in [1.165, 1.54) is 41.8 Å². The topological polar surface area (TPSA) is 63.3 Å². The van der Waals surface area contributed by atoms with Crippen LogP contribution in [0.3, 0.4) is 0 Å². The van der Waals surface area contributed by atoms with Crippen molar-refractivity contribution in [1.29, 1.82) is 0 Å². The van der Waals surface area contributed by atoms with Gasteiger partial charge < -0.3 is 11.1 Å². The van der Waals surface area contributed by atoms with E-state index in [1.54, 1.807) is 0 Å².